The largest absolute Gasteiger partial charge is 0.300 e. The Kier molecular flexibility index (Phi) is 1.35. The first-order valence-corrected chi connectivity index (χ1v) is 4.46. The number of piperidine rings is 1. The van der Waals surface area contributed by atoms with Crippen LogP contribution in [-0.2, 0) is 0 Å². The summed E-state index contributed by atoms with van der Waals surface area (Å²) in [7, 11) is 0. The van der Waals surface area contributed by atoms with Gasteiger partial charge in [-0.2, -0.15) is 0 Å². The van der Waals surface area contributed by atoms with Crippen LogP contribution in [0.1, 0.15) is 20.8 Å². The molecule has 1 saturated carbocycles. The predicted octanol–water partition coefficient (Wildman–Crippen LogP) is 1.68. The van der Waals surface area contributed by atoms with Crippen LogP contribution in [0.2, 0.25) is 0 Å². The van der Waals surface area contributed by atoms with Gasteiger partial charge in [0.25, 0.3) is 0 Å². The number of fused-ring (bicyclic) bond motifs is 1. The molecule has 2 rings (SSSR count). The predicted molar refractivity (Wildman–Crippen MR) is 43.2 cm³/mol. The van der Waals surface area contributed by atoms with Crippen LogP contribution in [-0.4, -0.2) is 29.7 Å². The lowest BCUT2D eigenvalue weighted by Gasteiger charge is -2.24. The van der Waals surface area contributed by atoms with Gasteiger partial charge >= 0.3 is 0 Å². The fraction of sp³-hybridized carbons (Fsp3) is 1.00. The van der Waals surface area contributed by atoms with Gasteiger partial charge in [0.2, 0.25) is 0 Å². The third-order valence-electron chi connectivity index (χ3n) is 3.42. The maximum Gasteiger partial charge on any atom is 0.117 e. The summed E-state index contributed by atoms with van der Waals surface area (Å²) in [5.74, 6) is 0.704. The van der Waals surface area contributed by atoms with Crippen molar-refractivity contribution in [1.29, 1.82) is 0 Å². The van der Waals surface area contributed by atoms with E-state index < -0.39 is 5.67 Å². The van der Waals surface area contributed by atoms with E-state index in [0.29, 0.717) is 17.9 Å². The van der Waals surface area contributed by atoms with E-state index in [9.17, 15) is 4.39 Å². The van der Waals surface area contributed by atoms with Crippen molar-refractivity contribution in [3.8, 4) is 0 Å². The Hall–Kier alpha value is -0.110. The van der Waals surface area contributed by atoms with E-state index in [-0.39, 0.29) is 0 Å². The van der Waals surface area contributed by atoms with Crippen LogP contribution in [0.15, 0.2) is 0 Å². The highest BCUT2D eigenvalue weighted by molar-refractivity contribution is 5.15. The lowest BCUT2D eigenvalue weighted by molar-refractivity contribution is 0.174. The van der Waals surface area contributed by atoms with Crippen molar-refractivity contribution in [1.82, 2.24) is 4.90 Å². The molecule has 2 atom stereocenters. The quantitative estimate of drug-likeness (QED) is 0.560. The van der Waals surface area contributed by atoms with E-state index in [0.717, 1.165) is 13.1 Å². The van der Waals surface area contributed by atoms with E-state index in [4.69, 9.17) is 0 Å². The third kappa shape index (κ3) is 0.919. The first-order valence-electron chi connectivity index (χ1n) is 4.46. The molecule has 1 nitrogen and oxygen atoms in total. The second kappa shape index (κ2) is 1.98. The van der Waals surface area contributed by atoms with Gasteiger partial charge in [-0.15, -0.1) is 0 Å². The highest BCUT2D eigenvalue weighted by Gasteiger charge is 2.66. The minimum Gasteiger partial charge on any atom is -0.300 e. The van der Waals surface area contributed by atoms with Crippen molar-refractivity contribution >= 4 is 0 Å². The molecule has 1 saturated heterocycles. The van der Waals surface area contributed by atoms with Gasteiger partial charge in [-0.1, -0.05) is 0 Å². The van der Waals surface area contributed by atoms with Crippen LogP contribution in [0.5, 0.6) is 0 Å². The number of halogens is 1. The van der Waals surface area contributed by atoms with E-state index in [1.807, 2.05) is 0 Å². The molecule has 0 aromatic carbocycles. The summed E-state index contributed by atoms with van der Waals surface area (Å²) in [6.07, 6.45) is 0. The molecule has 0 bridgehead atoms. The second-order valence-electron chi connectivity index (χ2n) is 4.41. The summed E-state index contributed by atoms with van der Waals surface area (Å²) >= 11 is 0. The number of alkyl halides is 1. The fourth-order valence-electron chi connectivity index (χ4n) is 2.27. The summed E-state index contributed by atoms with van der Waals surface area (Å²) in [4.78, 5) is 2.37. The van der Waals surface area contributed by atoms with Gasteiger partial charge in [0.15, 0.2) is 0 Å². The SMILES string of the molecule is CC(C)N1CC2C(C1)C2(C)F. The molecule has 2 fully saturated rings. The topological polar surface area (TPSA) is 3.24 Å². The summed E-state index contributed by atoms with van der Waals surface area (Å²) in [5, 5.41) is 0. The molecule has 0 aromatic heterocycles. The lowest BCUT2D eigenvalue weighted by atomic mass is 10.2. The Morgan fingerprint density at radius 3 is 2.18 bits per heavy atom. The van der Waals surface area contributed by atoms with Gasteiger partial charge in [-0.25, -0.2) is 4.39 Å². The maximum atomic E-state index is 13.3. The molecule has 0 aromatic rings. The van der Waals surface area contributed by atoms with Crippen molar-refractivity contribution in [2.75, 3.05) is 13.1 Å². The fourth-order valence-corrected chi connectivity index (χ4v) is 2.27. The molecule has 0 N–H and O–H groups in total. The molecule has 11 heavy (non-hydrogen) atoms. The maximum absolute atomic E-state index is 13.3. The lowest BCUT2D eigenvalue weighted by Crippen LogP contribution is -2.33. The van der Waals surface area contributed by atoms with Crippen molar-refractivity contribution in [2.45, 2.75) is 32.5 Å². The average molecular weight is 157 g/mol. The van der Waals surface area contributed by atoms with Crippen molar-refractivity contribution in [3.63, 3.8) is 0 Å². The van der Waals surface area contributed by atoms with Gasteiger partial charge in [0, 0.05) is 31.0 Å². The molecule has 1 heterocycles. The summed E-state index contributed by atoms with van der Waals surface area (Å²) in [5.41, 5.74) is -0.814. The number of nitrogens with zero attached hydrogens (tertiary/aromatic N) is 1. The zero-order valence-corrected chi connectivity index (χ0v) is 7.47. The molecule has 0 amide bonds. The van der Waals surface area contributed by atoms with Crippen LogP contribution in [0.3, 0.4) is 0 Å². The molecule has 0 spiro atoms. The minimum atomic E-state index is -0.814. The molecule has 2 aliphatic rings. The Labute approximate surface area is 67.6 Å². The number of hydrogen-bond donors (Lipinski definition) is 0. The Bertz CT molecular complexity index is 162. The highest BCUT2D eigenvalue weighted by atomic mass is 19.1. The normalized spacial score (nSPS) is 49.9. The first-order chi connectivity index (χ1) is 5.03. The Balaban J connectivity index is 1.95. The monoisotopic (exact) mass is 157 g/mol. The second-order valence-corrected chi connectivity index (χ2v) is 4.41. The van der Waals surface area contributed by atoms with Crippen LogP contribution in [0.4, 0.5) is 4.39 Å². The standard InChI is InChI=1S/C9H16FN/c1-6(2)11-4-7-8(5-11)9(7,3)10/h6-8H,4-5H2,1-3H3. The van der Waals surface area contributed by atoms with E-state index >= 15 is 0 Å². The molecule has 2 heteroatoms. The minimum absolute atomic E-state index is 0.352. The summed E-state index contributed by atoms with van der Waals surface area (Å²) in [6, 6.07) is 0.596. The van der Waals surface area contributed by atoms with Crippen LogP contribution >= 0.6 is 0 Å². The van der Waals surface area contributed by atoms with Gasteiger partial charge in [-0.3, -0.25) is 0 Å². The number of likely N-dealkylation sites (tertiary alicyclic amines) is 1. The zero-order valence-electron chi connectivity index (χ0n) is 7.47. The Morgan fingerprint density at radius 2 is 1.82 bits per heavy atom. The van der Waals surface area contributed by atoms with E-state index in [1.54, 1.807) is 6.92 Å². The van der Waals surface area contributed by atoms with Gasteiger partial charge < -0.3 is 4.90 Å². The number of rotatable bonds is 1. The molecule has 1 aliphatic carbocycles. The van der Waals surface area contributed by atoms with Gasteiger partial charge in [0.1, 0.15) is 5.67 Å². The third-order valence-corrected chi connectivity index (χ3v) is 3.42. The summed E-state index contributed by atoms with van der Waals surface area (Å²) < 4.78 is 13.3. The molecular weight excluding hydrogens is 141 g/mol. The molecule has 0 radical (unpaired) electrons. The highest BCUT2D eigenvalue weighted by Crippen LogP contribution is 2.58. The van der Waals surface area contributed by atoms with Crippen LogP contribution < -0.4 is 0 Å². The van der Waals surface area contributed by atoms with Gasteiger partial charge in [0.05, 0.1) is 0 Å². The molecule has 64 valence electrons. The molecule has 2 unspecified atom stereocenters. The van der Waals surface area contributed by atoms with E-state index in [1.165, 1.54) is 0 Å². The average Bonchev–Trinajstić information content (AvgIpc) is 2.28. The molecular formula is C9H16FN. The van der Waals surface area contributed by atoms with Crippen LogP contribution in [0, 0.1) is 11.8 Å². The van der Waals surface area contributed by atoms with Crippen molar-refractivity contribution in [3.05, 3.63) is 0 Å². The smallest absolute Gasteiger partial charge is 0.117 e. The van der Waals surface area contributed by atoms with Gasteiger partial charge in [-0.05, 0) is 20.8 Å². The molecule has 1 aliphatic heterocycles. The van der Waals surface area contributed by atoms with Crippen molar-refractivity contribution < 1.29 is 4.39 Å². The van der Waals surface area contributed by atoms with Crippen LogP contribution in [0.25, 0.3) is 0 Å². The summed E-state index contributed by atoms with van der Waals surface area (Å²) in [6.45, 7) is 8.07. The number of hydrogen-bond acceptors (Lipinski definition) is 1. The van der Waals surface area contributed by atoms with Crippen molar-refractivity contribution in [2.24, 2.45) is 11.8 Å². The Morgan fingerprint density at radius 1 is 1.36 bits per heavy atom. The first kappa shape index (κ1) is 7.53. The van der Waals surface area contributed by atoms with E-state index in [2.05, 4.69) is 18.7 Å². The zero-order chi connectivity index (χ0) is 8.22.